The number of Topliss-reactive ketones (excluding diaryl/α,β-unsaturated/α-hetero) is 1. The van der Waals surface area contributed by atoms with Crippen LogP contribution in [0.4, 0.5) is 0 Å². The summed E-state index contributed by atoms with van der Waals surface area (Å²) in [4.78, 5) is 14.1. The van der Waals surface area contributed by atoms with Gasteiger partial charge < -0.3 is 19.9 Å². The number of ketones is 1. The van der Waals surface area contributed by atoms with Crippen molar-refractivity contribution >= 4 is 17.3 Å². The number of methoxy groups -OCH3 is 3. The van der Waals surface area contributed by atoms with Crippen LogP contribution in [0.5, 0.6) is 17.2 Å². The summed E-state index contributed by atoms with van der Waals surface area (Å²) in [6, 6.07) is 17.1. The predicted octanol–water partition coefficient (Wildman–Crippen LogP) is 5.80. The highest BCUT2D eigenvalue weighted by molar-refractivity contribution is 7.10. The standard InChI is InChI=1S/C30H32N2O4S/c1-18-12-23(16-29(36-5)19(18)2)30-25(17-32-37-30)21-8-11-28(35-4)22(14-21)15-27(33)26(31)13-20-6-9-24(34-3)10-7-20/h6-12,14,16-17,26H,13,15,31H2,1-5H3. The number of aromatic nitrogens is 1. The van der Waals surface area contributed by atoms with Crippen LogP contribution in [0.25, 0.3) is 21.6 Å². The van der Waals surface area contributed by atoms with Crippen molar-refractivity contribution < 1.29 is 19.0 Å². The number of hydrogen-bond donors (Lipinski definition) is 1. The van der Waals surface area contributed by atoms with Crippen molar-refractivity contribution in [3.63, 3.8) is 0 Å². The molecule has 4 rings (SSSR count). The van der Waals surface area contributed by atoms with Gasteiger partial charge in [0.05, 0.1) is 32.2 Å². The Balaban J connectivity index is 1.60. The Morgan fingerprint density at radius 1 is 0.919 bits per heavy atom. The van der Waals surface area contributed by atoms with E-state index in [9.17, 15) is 4.79 Å². The SMILES string of the molecule is COc1ccc(CC(N)C(=O)Cc2cc(-c3cnsc3-c3cc(C)c(C)c(OC)c3)ccc2OC)cc1. The molecule has 7 heteroatoms. The van der Waals surface area contributed by atoms with Gasteiger partial charge in [0.15, 0.2) is 5.78 Å². The molecule has 0 aliphatic rings. The third-order valence-corrected chi connectivity index (χ3v) is 7.51. The van der Waals surface area contributed by atoms with Gasteiger partial charge in [0.1, 0.15) is 17.2 Å². The monoisotopic (exact) mass is 516 g/mol. The Bertz CT molecular complexity index is 1400. The molecule has 2 N–H and O–H groups in total. The molecule has 0 saturated heterocycles. The zero-order chi connectivity index (χ0) is 26.5. The molecule has 3 aromatic carbocycles. The van der Waals surface area contributed by atoms with E-state index in [2.05, 4.69) is 24.3 Å². The van der Waals surface area contributed by atoms with Gasteiger partial charge in [0, 0.05) is 23.7 Å². The molecule has 0 spiro atoms. The molecule has 0 radical (unpaired) electrons. The van der Waals surface area contributed by atoms with Gasteiger partial charge in [-0.3, -0.25) is 4.79 Å². The van der Waals surface area contributed by atoms with Gasteiger partial charge in [-0.1, -0.05) is 24.3 Å². The number of hydrogen-bond acceptors (Lipinski definition) is 7. The van der Waals surface area contributed by atoms with Gasteiger partial charge in [0.2, 0.25) is 0 Å². The maximum absolute atomic E-state index is 13.1. The summed E-state index contributed by atoms with van der Waals surface area (Å²) >= 11 is 1.44. The van der Waals surface area contributed by atoms with Crippen LogP contribution in [0, 0.1) is 13.8 Å². The highest BCUT2D eigenvalue weighted by Crippen LogP contribution is 2.39. The average molecular weight is 517 g/mol. The molecule has 6 nitrogen and oxygen atoms in total. The minimum Gasteiger partial charge on any atom is -0.497 e. The fourth-order valence-electron chi connectivity index (χ4n) is 4.36. The van der Waals surface area contributed by atoms with Gasteiger partial charge in [-0.05, 0) is 89.9 Å². The Kier molecular flexibility index (Phi) is 8.26. The minimum absolute atomic E-state index is 0.0474. The van der Waals surface area contributed by atoms with Gasteiger partial charge in [-0.25, -0.2) is 0 Å². The van der Waals surface area contributed by atoms with Crippen molar-refractivity contribution in [1.29, 1.82) is 0 Å². The first-order valence-corrected chi connectivity index (χ1v) is 12.8. The van der Waals surface area contributed by atoms with Crippen molar-refractivity contribution in [3.8, 4) is 38.8 Å². The lowest BCUT2D eigenvalue weighted by Crippen LogP contribution is -2.34. The molecule has 1 aromatic heterocycles. The van der Waals surface area contributed by atoms with Crippen molar-refractivity contribution in [2.45, 2.75) is 32.7 Å². The predicted molar refractivity (Wildman–Crippen MR) is 149 cm³/mol. The van der Waals surface area contributed by atoms with Crippen LogP contribution in [0.1, 0.15) is 22.3 Å². The lowest BCUT2D eigenvalue weighted by molar-refractivity contribution is -0.119. The summed E-state index contributed by atoms with van der Waals surface area (Å²) < 4.78 is 20.9. The van der Waals surface area contributed by atoms with Gasteiger partial charge >= 0.3 is 0 Å². The first kappa shape index (κ1) is 26.4. The summed E-state index contributed by atoms with van der Waals surface area (Å²) in [6.45, 7) is 4.13. The highest BCUT2D eigenvalue weighted by Gasteiger charge is 2.19. The first-order chi connectivity index (χ1) is 17.8. The van der Waals surface area contributed by atoms with Crippen molar-refractivity contribution in [1.82, 2.24) is 4.37 Å². The summed E-state index contributed by atoms with van der Waals surface area (Å²) in [5.74, 6) is 2.23. The van der Waals surface area contributed by atoms with Crippen LogP contribution in [-0.2, 0) is 17.6 Å². The van der Waals surface area contributed by atoms with Crippen molar-refractivity contribution in [3.05, 3.63) is 83.0 Å². The largest absolute Gasteiger partial charge is 0.497 e. The number of nitrogens with two attached hydrogens (primary N) is 1. The maximum Gasteiger partial charge on any atom is 0.154 e. The Hall–Kier alpha value is -3.68. The second kappa shape index (κ2) is 11.6. The second-order valence-corrected chi connectivity index (χ2v) is 9.82. The normalized spacial score (nSPS) is 11.7. The van der Waals surface area contributed by atoms with Crippen LogP contribution in [-0.4, -0.2) is 37.5 Å². The summed E-state index contributed by atoms with van der Waals surface area (Å²) in [5, 5.41) is 0. The van der Waals surface area contributed by atoms with E-state index >= 15 is 0 Å². The smallest absolute Gasteiger partial charge is 0.154 e. The van der Waals surface area contributed by atoms with E-state index in [1.165, 1.54) is 11.5 Å². The van der Waals surface area contributed by atoms with E-state index < -0.39 is 6.04 Å². The molecule has 4 aromatic rings. The van der Waals surface area contributed by atoms with E-state index in [1.54, 1.807) is 21.3 Å². The molecule has 0 aliphatic heterocycles. The van der Waals surface area contributed by atoms with Gasteiger partial charge in [0.25, 0.3) is 0 Å². The van der Waals surface area contributed by atoms with Crippen molar-refractivity contribution in [2.24, 2.45) is 5.73 Å². The fourth-order valence-corrected chi connectivity index (χ4v) is 5.11. The zero-order valence-corrected chi connectivity index (χ0v) is 22.6. The number of ether oxygens (including phenoxy) is 3. The molecular formula is C30H32N2O4S. The fraction of sp³-hybridized carbons (Fsp3) is 0.267. The summed E-state index contributed by atoms with van der Waals surface area (Å²) in [6.07, 6.45) is 2.50. The number of rotatable bonds is 10. The average Bonchev–Trinajstić information content (AvgIpc) is 3.40. The van der Waals surface area contributed by atoms with E-state index in [0.717, 1.165) is 55.3 Å². The van der Waals surface area contributed by atoms with E-state index in [-0.39, 0.29) is 12.2 Å². The highest BCUT2D eigenvalue weighted by atomic mass is 32.1. The Morgan fingerprint density at radius 2 is 1.65 bits per heavy atom. The number of carbonyl (C=O) groups excluding carboxylic acids is 1. The molecule has 1 unspecified atom stereocenters. The first-order valence-electron chi connectivity index (χ1n) is 12.0. The molecule has 0 bridgehead atoms. The number of aryl methyl sites for hydroxylation is 1. The number of carbonyl (C=O) groups is 1. The third kappa shape index (κ3) is 5.84. The summed E-state index contributed by atoms with van der Waals surface area (Å²) in [5.41, 5.74) is 13.4. The van der Waals surface area contributed by atoms with Gasteiger partial charge in [-0.15, -0.1) is 0 Å². The lowest BCUT2D eigenvalue weighted by atomic mass is 9.95. The van der Waals surface area contributed by atoms with Crippen LogP contribution in [0.15, 0.2) is 60.8 Å². The molecule has 1 heterocycles. The zero-order valence-electron chi connectivity index (χ0n) is 21.8. The third-order valence-electron chi connectivity index (χ3n) is 6.66. The number of benzene rings is 3. The molecule has 0 fully saturated rings. The van der Waals surface area contributed by atoms with Crippen LogP contribution in [0.2, 0.25) is 0 Å². The Labute approximate surface area is 222 Å². The molecule has 37 heavy (non-hydrogen) atoms. The summed E-state index contributed by atoms with van der Waals surface area (Å²) in [7, 11) is 4.92. The Morgan fingerprint density at radius 3 is 2.32 bits per heavy atom. The minimum atomic E-state index is -0.622. The van der Waals surface area contributed by atoms with E-state index in [1.807, 2.05) is 54.7 Å². The van der Waals surface area contributed by atoms with E-state index in [0.29, 0.717) is 12.2 Å². The molecule has 0 amide bonds. The maximum atomic E-state index is 13.1. The van der Waals surface area contributed by atoms with Crippen molar-refractivity contribution in [2.75, 3.05) is 21.3 Å². The van der Waals surface area contributed by atoms with Crippen LogP contribution >= 0.6 is 11.5 Å². The number of nitrogens with zero attached hydrogens (tertiary/aromatic N) is 1. The van der Waals surface area contributed by atoms with Gasteiger partial charge in [-0.2, -0.15) is 4.37 Å². The molecule has 0 aliphatic carbocycles. The molecule has 1 atom stereocenters. The molecule has 0 saturated carbocycles. The second-order valence-electron chi connectivity index (χ2n) is 9.02. The van der Waals surface area contributed by atoms with Crippen LogP contribution in [0.3, 0.4) is 0 Å². The van der Waals surface area contributed by atoms with E-state index in [4.69, 9.17) is 19.9 Å². The lowest BCUT2D eigenvalue weighted by Gasteiger charge is -2.15. The topological polar surface area (TPSA) is 83.7 Å². The molecule has 192 valence electrons. The quantitative estimate of drug-likeness (QED) is 0.287. The van der Waals surface area contributed by atoms with Crippen LogP contribution < -0.4 is 19.9 Å². The molecular weight excluding hydrogens is 484 g/mol.